The number of likely N-dealkylation sites (tertiary alicyclic amines) is 1. The molecular formula is C24H33NO. The van der Waals surface area contributed by atoms with Gasteiger partial charge in [0.1, 0.15) is 0 Å². The number of carbonyl (C=O) groups excluding carboxylic acids is 1. The Labute approximate surface area is 158 Å². The number of benzene rings is 1. The van der Waals surface area contributed by atoms with Crippen LogP contribution in [0.1, 0.15) is 75.3 Å². The highest BCUT2D eigenvalue weighted by Gasteiger charge is 2.58. The first-order valence-electron chi connectivity index (χ1n) is 10.9. The molecule has 1 aliphatic heterocycles. The lowest BCUT2D eigenvalue weighted by Gasteiger charge is -2.62. The normalized spacial score (nSPS) is 38.6. The third kappa shape index (κ3) is 2.80. The highest BCUT2D eigenvalue weighted by molar-refractivity contribution is 5.77. The lowest BCUT2D eigenvalue weighted by atomic mass is 9.42. The van der Waals surface area contributed by atoms with Gasteiger partial charge in [-0.3, -0.25) is 4.79 Å². The molecular weight excluding hydrogens is 318 g/mol. The minimum Gasteiger partial charge on any atom is -0.343 e. The predicted molar refractivity (Wildman–Crippen MR) is 105 cm³/mol. The van der Waals surface area contributed by atoms with E-state index in [-0.39, 0.29) is 0 Å². The number of hydrogen-bond donors (Lipinski definition) is 0. The Morgan fingerprint density at radius 3 is 2.31 bits per heavy atom. The van der Waals surface area contributed by atoms with E-state index in [1.165, 1.54) is 63.4 Å². The molecule has 1 aromatic carbocycles. The molecule has 0 radical (unpaired) electrons. The zero-order valence-electron chi connectivity index (χ0n) is 16.3. The second-order valence-corrected chi connectivity index (χ2v) is 10.2. The van der Waals surface area contributed by atoms with Gasteiger partial charge in [-0.2, -0.15) is 0 Å². The number of nitrogens with zero attached hydrogens (tertiary/aromatic N) is 1. The lowest BCUT2D eigenvalue weighted by Crippen LogP contribution is -2.55. The molecule has 2 nitrogen and oxygen atoms in total. The molecule has 0 aromatic heterocycles. The first kappa shape index (κ1) is 16.8. The molecule has 0 unspecified atom stereocenters. The van der Waals surface area contributed by atoms with E-state index in [1.807, 2.05) is 0 Å². The fraction of sp³-hybridized carbons (Fsp3) is 0.708. The zero-order valence-corrected chi connectivity index (χ0v) is 16.3. The maximum Gasteiger partial charge on any atom is 0.223 e. The molecule has 0 spiro atoms. The Morgan fingerprint density at radius 2 is 1.65 bits per heavy atom. The van der Waals surface area contributed by atoms with Crippen LogP contribution >= 0.6 is 0 Å². The molecule has 6 rings (SSSR count). The van der Waals surface area contributed by atoms with Gasteiger partial charge in [-0.15, -0.1) is 0 Å². The average Bonchev–Trinajstić information content (AvgIpc) is 2.61. The number of aryl methyl sites for hydroxylation is 1. The van der Waals surface area contributed by atoms with Crippen LogP contribution in [-0.2, 0) is 10.2 Å². The molecule has 1 amide bonds. The molecule has 2 heteroatoms. The van der Waals surface area contributed by atoms with Gasteiger partial charge in [0.25, 0.3) is 0 Å². The molecule has 4 saturated carbocycles. The molecule has 140 valence electrons. The second-order valence-electron chi connectivity index (χ2n) is 10.2. The second kappa shape index (κ2) is 6.11. The lowest BCUT2D eigenvalue weighted by molar-refractivity contribution is -0.141. The van der Waals surface area contributed by atoms with Crippen LogP contribution in [0.3, 0.4) is 0 Å². The van der Waals surface area contributed by atoms with Crippen molar-refractivity contribution >= 4 is 5.91 Å². The summed E-state index contributed by atoms with van der Waals surface area (Å²) >= 11 is 0. The van der Waals surface area contributed by atoms with E-state index in [1.54, 1.807) is 5.56 Å². The van der Waals surface area contributed by atoms with Crippen molar-refractivity contribution < 1.29 is 4.79 Å². The number of piperidine rings is 1. The molecule has 5 fully saturated rings. The van der Waals surface area contributed by atoms with Crippen molar-refractivity contribution in [3.8, 4) is 0 Å². The fourth-order valence-corrected chi connectivity index (χ4v) is 7.48. The van der Waals surface area contributed by atoms with E-state index >= 15 is 0 Å². The predicted octanol–water partition coefficient (Wildman–Crippen LogP) is 5.24. The van der Waals surface area contributed by atoms with Gasteiger partial charge in [-0.25, -0.2) is 0 Å². The summed E-state index contributed by atoms with van der Waals surface area (Å²) in [4.78, 5) is 15.3. The fourth-order valence-electron chi connectivity index (χ4n) is 7.48. The van der Waals surface area contributed by atoms with Gasteiger partial charge in [0.2, 0.25) is 5.91 Å². The summed E-state index contributed by atoms with van der Waals surface area (Å²) < 4.78 is 0. The maximum absolute atomic E-state index is 13.1. The summed E-state index contributed by atoms with van der Waals surface area (Å²) in [7, 11) is 0. The molecule has 0 N–H and O–H groups in total. The largest absolute Gasteiger partial charge is 0.343 e. The number of hydrogen-bond acceptors (Lipinski definition) is 1. The van der Waals surface area contributed by atoms with E-state index in [9.17, 15) is 4.79 Å². The molecule has 26 heavy (non-hydrogen) atoms. The summed E-state index contributed by atoms with van der Waals surface area (Å²) in [5, 5.41) is 0. The Balaban J connectivity index is 1.41. The summed E-state index contributed by atoms with van der Waals surface area (Å²) in [5.74, 6) is 2.17. The summed E-state index contributed by atoms with van der Waals surface area (Å²) in [5.41, 5.74) is 3.57. The van der Waals surface area contributed by atoms with E-state index in [0.29, 0.717) is 16.7 Å². The van der Waals surface area contributed by atoms with Crippen LogP contribution < -0.4 is 0 Å². The third-order valence-corrected chi connectivity index (χ3v) is 8.08. The quantitative estimate of drug-likeness (QED) is 0.729. The number of amides is 1. The van der Waals surface area contributed by atoms with Gasteiger partial charge in [0.05, 0.1) is 0 Å². The monoisotopic (exact) mass is 351 g/mol. The summed E-state index contributed by atoms with van der Waals surface area (Å²) in [6, 6.07) is 9.37. The Hall–Kier alpha value is -1.31. The van der Waals surface area contributed by atoms with Gasteiger partial charge in [-0.1, -0.05) is 29.8 Å². The highest BCUT2D eigenvalue weighted by atomic mass is 16.2. The Morgan fingerprint density at radius 1 is 1.00 bits per heavy atom. The standard InChI is InChI=1S/C24H33NO/c1-18-5-7-21(8-6-18)24-14-19-11-20(15-24)13-23(12-19,17-24)16-22(26)25-9-3-2-4-10-25/h5-8,19-20H,2-4,9-17H2,1H3/t19-,20-,23?,24?/m0/s1. The average molecular weight is 352 g/mol. The molecule has 1 heterocycles. The van der Waals surface area contributed by atoms with Crippen molar-refractivity contribution in [2.24, 2.45) is 17.3 Å². The minimum absolute atomic E-state index is 0.295. The van der Waals surface area contributed by atoms with E-state index in [2.05, 4.69) is 36.1 Å². The van der Waals surface area contributed by atoms with E-state index in [0.717, 1.165) is 31.3 Å². The minimum atomic E-state index is 0.295. The first-order chi connectivity index (χ1) is 12.6. The SMILES string of the molecule is Cc1ccc(C23C[C@H]4C[C@@H](CC(CC(=O)N5CCCCC5)(C4)C2)C3)cc1. The van der Waals surface area contributed by atoms with Gasteiger partial charge >= 0.3 is 0 Å². The van der Waals surface area contributed by atoms with Crippen LogP contribution in [0.2, 0.25) is 0 Å². The summed E-state index contributed by atoms with van der Waals surface area (Å²) in [6.45, 7) is 4.19. The molecule has 5 aliphatic rings. The molecule has 1 saturated heterocycles. The van der Waals surface area contributed by atoms with Crippen LogP contribution in [-0.4, -0.2) is 23.9 Å². The molecule has 4 aliphatic carbocycles. The van der Waals surface area contributed by atoms with Crippen molar-refractivity contribution in [2.45, 2.75) is 76.5 Å². The van der Waals surface area contributed by atoms with Crippen LogP contribution in [0, 0.1) is 24.2 Å². The van der Waals surface area contributed by atoms with Crippen LogP contribution in [0.15, 0.2) is 24.3 Å². The van der Waals surface area contributed by atoms with Gasteiger partial charge in [0, 0.05) is 19.5 Å². The van der Waals surface area contributed by atoms with Crippen LogP contribution in [0.5, 0.6) is 0 Å². The molecule has 1 aromatic rings. The number of carbonyl (C=O) groups is 1. The Kier molecular flexibility index (Phi) is 3.95. The third-order valence-electron chi connectivity index (χ3n) is 8.08. The molecule has 2 atom stereocenters. The maximum atomic E-state index is 13.1. The number of rotatable bonds is 3. The van der Waals surface area contributed by atoms with Crippen molar-refractivity contribution in [1.29, 1.82) is 0 Å². The van der Waals surface area contributed by atoms with Crippen LogP contribution in [0.4, 0.5) is 0 Å². The van der Waals surface area contributed by atoms with Gasteiger partial charge in [-0.05, 0) is 92.9 Å². The van der Waals surface area contributed by atoms with E-state index < -0.39 is 0 Å². The smallest absolute Gasteiger partial charge is 0.223 e. The molecule has 4 bridgehead atoms. The topological polar surface area (TPSA) is 20.3 Å². The zero-order chi connectivity index (χ0) is 17.8. The van der Waals surface area contributed by atoms with Gasteiger partial charge in [0.15, 0.2) is 0 Å². The van der Waals surface area contributed by atoms with Gasteiger partial charge < -0.3 is 4.90 Å². The summed E-state index contributed by atoms with van der Waals surface area (Å²) in [6.07, 6.45) is 12.6. The van der Waals surface area contributed by atoms with Crippen molar-refractivity contribution in [3.63, 3.8) is 0 Å². The van der Waals surface area contributed by atoms with Crippen molar-refractivity contribution in [2.75, 3.05) is 13.1 Å². The van der Waals surface area contributed by atoms with Crippen molar-refractivity contribution in [1.82, 2.24) is 4.90 Å². The van der Waals surface area contributed by atoms with Crippen molar-refractivity contribution in [3.05, 3.63) is 35.4 Å². The van der Waals surface area contributed by atoms with E-state index in [4.69, 9.17) is 0 Å². The Bertz CT molecular complexity index is 671. The van der Waals surface area contributed by atoms with Crippen LogP contribution in [0.25, 0.3) is 0 Å². The first-order valence-corrected chi connectivity index (χ1v) is 10.9. The highest BCUT2D eigenvalue weighted by Crippen LogP contribution is 2.66.